The summed E-state index contributed by atoms with van der Waals surface area (Å²) in [6, 6.07) is 10.1. The Labute approximate surface area is 119 Å². The number of anilines is 1. The molecule has 0 radical (unpaired) electrons. The van der Waals surface area contributed by atoms with E-state index in [1.807, 2.05) is 6.07 Å². The van der Waals surface area contributed by atoms with Crippen LogP contribution in [0, 0.1) is 45.3 Å². The fraction of sp³-hybridized carbons (Fsp3) is 0. The SMILES string of the molecule is N#Cc1nc(-c2cc(N)ccn2)c(C#N)c(C#N)c1C#N. The number of nitrogen functional groups attached to an aromatic ring is 1. The van der Waals surface area contributed by atoms with Crippen molar-refractivity contribution in [2.45, 2.75) is 0 Å². The van der Waals surface area contributed by atoms with Crippen molar-refractivity contribution in [2.24, 2.45) is 0 Å². The van der Waals surface area contributed by atoms with Crippen molar-refractivity contribution in [3.63, 3.8) is 0 Å². The van der Waals surface area contributed by atoms with E-state index >= 15 is 0 Å². The minimum Gasteiger partial charge on any atom is -0.399 e. The average Bonchev–Trinajstić information content (AvgIpc) is 2.52. The minimum absolute atomic E-state index is 0.0527. The van der Waals surface area contributed by atoms with Gasteiger partial charge >= 0.3 is 0 Å². The summed E-state index contributed by atoms with van der Waals surface area (Å²) in [4.78, 5) is 8.01. The van der Waals surface area contributed by atoms with Gasteiger partial charge in [0, 0.05) is 11.9 Å². The molecule has 0 aliphatic heterocycles. The highest BCUT2D eigenvalue weighted by molar-refractivity contribution is 5.73. The number of hydrogen-bond donors (Lipinski definition) is 1. The van der Waals surface area contributed by atoms with E-state index in [1.54, 1.807) is 24.3 Å². The Balaban J connectivity index is 2.93. The predicted molar refractivity (Wildman–Crippen MR) is 70.7 cm³/mol. The number of hydrogen-bond acceptors (Lipinski definition) is 7. The highest BCUT2D eigenvalue weighted by Gasteiger charge is 2.21. The summed E-state index contributed by atoms with van der Waals surface area (Å²) in [6.45, 7) is 0. The van der Waals surface area contributed by atoms with Gasteiger partial charge in [-0.2, -0.15) is 21.0 Å². The molecule has 2 rings (SSSR count). The first-order valence-corrected chi connectivity index (χ1v) is 5.56. The monoisotopic (exact) mass is 271 g/mol. The number of nitrogens with two attached hydrogens (primary N) is 1. The van der Waals surface area contributed by atoms with Gasteiger partial charge in [0.1, 0.15) is 35.5 Å². The number of rotatable bonds is 1. The van der Waals surface area contributed by atoms with Gasteiger partial charge < -0.3 is 5.73 Å². The molecule has 21 heavy (non-hydrogen) atoms. The van der Waals surface area contributed by atoms with Crippen LogP contribution in [0.5, 0.6) is 0 Å². The maximum Gasteiger partial charge on any atom is 0.160 e. The second-order valence-corrected chi connectivity index (χ2v) is 3.86. The quantitative estimate of drug-likeness (QED) is 0.819. The van der Waals surface area contributed by atoms with E-state index in [-0.39, 0.29) is 33.8 Å². The molecule has 0 saturated heterocycles. The fourth-order valence-electron chi connectivity index (χ4n) is 1.76. The van der Waals surface area contributed by atoms with Crippen molar-refractivity contribution >= 4 is 5.69 Å². The van der Waals surface area contributed by atoms with Gasteiger partial charge in [-0.15, -0.1) is 0 Å². The Morgan fingerprint density at radius 2 is 1.57 bits per heavy atom. The van der Waals surface area contributed by atoms with Gasteiger partial charge in [-0.3, -0.25) is 4.98 Å². The van der Waals surface area contributed by atoms with Crippen molar-refractivity contribution in [1.82, 2.24) is 9.97 Å². The van der Waals surface area contributed by atoms with Crippen LogP contribution in [0.4, 0.5) is 5.69 Å². The van der Waals surface area contributed by atoms with E-state index in [9.17, 15) is 10.5 Å². The zero-order valence-corrected chi connectivity index (χ0v) is 10.5. The van der Waals surface area contributed by atoms with Crippen molar-refractivity contribution in [3.8, 4) is 35.7 Å². The summed E-state index contributed by atoms with van der Waals surface area (Å²) < 4.78 is 0. The largest absolute Gasteiger partial charge is 0.399 e. The average molecular weight is 271 g/mol. The molecule has 2 aromatic heterocycles. The second kappa shape index (κ2) is 5.36. The summed E-state index contributed by atoms with van der Waals surface area (Å²) >= 11 is 0. The van der Waals surface area contributed by atoms with Crippen LogP contribution in [0.25, 0.3) is 11.4 Å². The molecule has 0 fully saturated rings. The van der Waals surface area contributed by atoms with Crippen molar-refractivity contribution in [2.75, 3.05) is 5.73 Å². The van der Waals surface area contributed by atoms with Crippen molar-refractivity contribution < 1.29 is 0 Å². The Morgan fingerprint density at radius 3 is 2.10 bits per heavy atom. The third-order valence-electron chi connectivity index (χ3n) is 2.67. The summed E-state index contributed by atoms with van der Waals surface area (Å²) in [6.07, 6.45) is 1.42. The lowest BCUT2D eigenvalue weighted by Crippen LogP contribution is -2.03. The molecule has 0 aliphatic rings. The summed E-state index contributed by atoms with van der Waals surface area (Å²) in [7, 11) is 0. The molecule has 0 bridgehead atoms. The molecule has 2 heterocycles. The second-order valence-electron chi connectivity index (χ2n) is 3.86. The van der Waals surface area contributed by atoms with Gasteiger partial charge in [-0.25, -0.2) is 4.98 Å². The van der Waals surface area contributed by atoms with Crippen LogP contribution in [0.2, 0.25) is 0 Å². The van der Waals surface area contributed by atoms with E-state index in [0.717, 1.165) is 0 Å². The highest BCUT2D eigenvalue weighted by Crippen LogP contribution is 2.26. The van der Waals surface area contributed by atoms with Gasteiger partial charge in [0.15, 0.2) is 5.69 Å². The maximum absolute atomic E-state index is 9.25. The van der Waals surface area contributed by atoms with Crippen LogP contribution in [0.3, 0.4) is 0 Å². The molecule has 2 N–H and O–H groups in total. The van der Waals surface area contributed by atoms with Crippen LogP contribution in [-0.2, 0) is 0 Å². The first kappa shape index (κ1) is 13.5. The highest BCUT2D eigenvalue weighted by atomic mass is 14.8. The molecule has 0 aliphatic carbocycles. The van der Waals surface area contributed by atoms with Gasteiger partial charge in [-0.1, -0.05) is 0 Å². The van der Waals surface area contributed by atoms with Gasteiger partial charge in [-0.05, 0) is 12.1 Å². The summed E-state index contributed by atoms with van der Waals surface area (Å²) in [5, 5.41) is 36.5. The molecule has 0 amide bonds. The van der Waals surface area contributed by atoms with Crippen LogP contribution in [0.1, 0.15) is 22.4 Å². The summed E-state index contributed by atoms with van der Waals surface area (Å²) in [5.74, 6) is 0. The molecule has 0 atom stereocenters. The topological polar surface area (TPSA) is 147 Å². The van der Waals surface area contributed by atoms with Crippen LogP contribution in [0.15, 0.2) is 18.3 Å². The Bertz CT molecular complexity index is 901. The Morgan fingerprint density at radius 1 is 0.905 bits per heavy atom. The van der Waals surface area contributed by atoms with Gasteiger partial charge in [0.2, 0.25) is 0 Å². The van der Waals surface area contributed by atoms with Crippen LogP contribution in [-0.4, -0.2) is 9.97 Å². The van der Waals surface area contributed by atoms with Gasteiger partial charge in [0.05, 0.1) is 16.8 Å². The zero-order chi connectivity index (χ0) is 15.4. The zero-order valence-electron chi connectivity index (χ0n) is 10.5. The van der Waals surface area contributed by atoms with E-state index in [0.29, 0.717) is 5.69 Å². The molecule has 0 saturated carbocycles. The lowest BCUT2D eigenvalue weighted by atomic mass is 9.99. The number of nitriles is 4. The van der Waals surface area contributed by atoms with Crippen LogP contribution >= 0.6 is 0 Å². The predicted octanol–water partition coefficient (Wildman–Crippen LogP) is 1.21. The lowest BCUT2D eigenvalue weighted by molar-refractivity contribution is 1.18. The Hall–Kier alpha value is -3.94. The standard InChI is InChI=1S/C14H5N7/c15-4-9-10(5-16)13(7-18)21-14(11(9)6-17)12-3-8(19)1-2-20-12/h1-3H,(H2,19,20). The van der Waals surface area contributed by atoms with E-state index < -0.39 is 0 Å². The van der Waals surface area contributed by atoms with Crippen LogP contribution < -0.4 is 5.73 Å². The molecular weight excluding hydrogens is 266 g/mol. The molecule has 0 spiro atoms. The minimum atomic E-state index is -0.229. The maximum atomic E-state index is 9.25. The van der Waals surface area contributed by atoms with E-state index in [1.165, 1.54) is 12.3 Å². The number of nitrogens with zero attached hydrogens (tertiary/aromatic N) is 6. The normalized spacial score (nSPS) is 8.95. The molecule has 7 heteroatoms. The first-order chi connectivity index (χ1) is 10.2. The van der Waals surface area contributed by atoms with Gasteiger partial charge in [0.25, 0.3) is 0 Å². The first-order valence-electron chi connectivity index (χ1n) is 5.56. The molecule has 96 valence electrons. The third kappa shape index (κ3) is 2.19. The van der Waals surface area contributed by atoms with E-state index in [4.69, 9.17) is 16.3 Å². The van der Waals surface area contributed by atoms with E-state index in [2.05, 4.69) is 9.97 Å². The smallest absolute Gasteiger partial charge is 0.160 e. The molecular formula is C14H5N7. The number of aromatic nitrogens is 2. The van der Waals surface area contributed by atoms with Crippen molar-refractivity contribution in [3.05, 3.63) is 40.7 Å². The molecule has 2 aromatic rings. The lowest BCUT2D eigenvalue weighted by Gasteiger charge is -2.07. The Kier molecular flexibility index (Phi) is 3.45. The fourth-order valence-corrected chi connectivity index (χ4v) is 1.76. The van der Waals surface area contributed by atoms with Crippen molar-refractivity contribution in [1.29, 1.82) is 21.0 Å². The summed E-state index contributed by atoms with van der Waals surface area (Å²) in [5.41, 5.74) is 5.61. The molecule has 7 nitrogen and oxygen atoms in total. The number of pyridine rings is 2. The third-order valence-corrected chi connectivity index (χ3v) is 2.67. The molecule has 0 unspecified atom stereocenters. The molecule has 0 aromatic carbocycles.